The van der Waals surface area contributed by atoms with Crippen LogP contribution in [0, 0.1) is 0 Å². The number of aryl methyl sites for hydroxylation is 2. The van der Waals surface area contributed by atoms with Gasteiger partial charge in [0.2, 0.25) is 5.91 Å². The van der Waals surface area contributed by atoms with E-state index in [2.05, 4.69) is 9.88 Å². The first-order valence-electron chi connectivity index (χ1n) is 7.47. The molecule has 3 rings (SSSR count). The zero-order valence-corrected chi connectivity index (χ0v) is 13.5. The molecule has 9 nitrogen and oxygen atoms in total. The quantitative estimate of drug-likeness (QED) is 0.652. The lowest BCUT2D eigenvalue weighted by Gasteiger charge is -2.32. The minimum Gasteiger partial charge on any atom is -0.339 e. The fraction of sp³-hybridized carbons (Fsp3) is 0.571. The van der Waals surface area contributed by atoms with Gasteiger partial charge in [-0.05, 0) is 7.05 Å². The van der Waals surface area contributed by atoms with Gasteiger partial charge in [-0.3, -0.25) is 14.2 Å². The Morgan fingerprint density at radius 1 is 1.13 bits per heavy atom. The van der Waals surface area contributed by atoms with E-state index in [4.69, 9.17) is 0 Å². The van der Waals surface area contributed by atoms with Crippen molar-refractivity contribution in [3.05, 3.63) is 27.2 Å². The third kappa shape index (κ3) is 2.56. The number of nitrogens with zero attached hydrogens (tertiary/aromatic N) is 6. The summed E-state index contributed by atoms with van der Waals surface area (Å²) in [5.41, 5.74) is -0.363. The Hall–Kier alpha value is -2.42. The van der Waals surface area contributed by atoms with Gasteiger partial charge in [0.25, 0.3) is 5.56 Å². The molecule has 124 valence electrons. The van der Waals surface area contributed by atoms with E-state index in [9.17, 15) is 14.4 Å². The maximum absolute atomic E-state index is 12.6. The number of hydrogen-bond acceptors (Lipinski definition) is 5. The first-order chi connectivity index (χ1) is 10.9. The lowest BCUT2D eigenvalue weighted by atomic mass is 10.3. The highest BCUT2D eigenvalue weighted by molar-refractivity contribution is 5.77. The van der Waals surface area contributed by atoms with Crippen LogP contribution in [-0.2, 0) is 25.4 Å². The van der Waals surface area contributed by atoms with Crippen molar-refractivity contribution in [2.24, 2.45) is 14.1 Å². The number of amides is 1. The van der Waals surface area contributed by atoms with E-state index < -0.39 is 11.2 Å². The van der Waals surface area contributed by atoms with Crippen molar-refractivity contribution in [2.75, 3.05) is 33.2 Å². The first-order valence-corrected chi connectivity index (χ1v) is 7.47. The molecule has 0 aliphatic carbocycles. The summed E-state index contributed by atoms with van der Waals surface area (Å²) >= 11 is 0. The molecular formula is C14H20N6O3. The summed E-state index contributed by atoms with van der Waals surface area (Å²) in [6.07, 6.45) is 1.48. The lowest BCUT2D eigenvalue weighted by molar-refractivity contribution is -0.133. The van der Waals surface area contributed by atoms with Crippen LogP contribution in [-0.4, -0.2) is 67.6 Å². The molecule has 0 radical (unpaired) electrons. The average molecular weight is 320 g/mol. The smallest absolute Gasteiger partial charge is 0.332 e. The molecule has 0 bridgehead atoms. The normalized spacial score (nSPS) is 16.2. The molecule has 0 spiro atoms. The van der Waals surface area contributed by atoms with Crippen LogP contribution in [0.4, 0.5) is 0 Å². The second kappa shape index (κ2) is 5.65. The number of fused-ring (bicyclic) bond motifs is 1. The SMILES string of the molecule is CN1CCN(C(=O)Cn2c(=O)c3c(ncn3C)n(C)c2=O)CC1. The highest BCUT2D eigenvalue weighted by Gasteiger charge is 2.22. The highest BCUT2D eigenvalue weighted by Crippen LogP contribution is 2.04. The van der Waals surface area contributed by atoms with Gasteiger partial charge in [0.05, 0.1) is 6.33 Å². The van der Waals surface area contributed by atoms with Crippen LogP contribution >= 0.6 is 0 Å². The molecule has 1 saturated heterocycles. The standard InChI is InChI=1S/C14H20N6O3/c1-16-4-6-19(7-5-16)10(21)8-20-13(22)11-12(15-9-17(11)2)18(3)14(20)23/h9H,4-8H2,1-3H3. The van der Waals surface area contributed by atoms with E-state index in [0.717, 1.165) is 17.7 Å². The monoisotopic (exact) mass is 320 g/mol. The van der Waals surface area contributed by atoms with Crippen LogP contribution in [0.5, 0.6) is 0 Å². The molecule has 0 atom stereocenters. The summed E-state index contributed by atoms with van der Waals surface area (Å²) in [5.74, 6) is -0.209. The fourth-order valence-corrected chi connectivity index (χ4v) is 2.83. The van der Waals surface area contributed by atoms with Gasteiger partial charge in [0.15, 0.2) is 11.2 Å². The molecule has 1 fully saturated rings. The minimum atomic E-state index is -0.524. The molecule has 0 aromatic carbocycles. The van der Waals surface area contributed by atoms with Gasteiger partial charge in [-0.1, -0.05) is 0 Å². The number of hydrogen-bond donors (Lipinski definition) is 0. The van der Waals surface area contributed by atoms with Gasteiger partial charge in [-0.15, -0.1) is 0 Å². The molecule has 0 saturated carbocycles. The molecule has 0 N–H and O–H groups in total. The maximum atomic E-state index is 12.6. The number of imidazole rings is 1. The minimum absolute atomic E-state index is 0.209. The summed E-state index contributed by atoms with van der Waals surface area (Å²) in [5, 5.41) is 0. The van der Waals surface area contributed by atoms with Crippen molar-refractivity contribution in [3.8, 4) is 0 Å². The van der Waals surface area contributed by atoms with E-state index in [1.807, 2.05) is 7.05 Å². The molecule has 2 aromatic rings. The Morgan fingerprint density at radius 3 is 2.43 bits per heavy atom. The fourth-order valence-electron chi connectivity index (χ4n) is 2.83. The van der Waals surface area contributed by atoms with Crippen molar-refractivity contribution in [3.63, 3.8) is 0 Å². The molecule has 9 heteroatoms. The lowest BCUT2D eigenvalue weighted by Crippen LogP contribution is -2.50. The molecular weight excluding hydrogens is 300 g/mol. The zero-order valence-electron chi connectivity index (χ0n) is 13.5. The maximum Gasteiger partial charge on any atom is 0.332 e. The van der Waals surface area contributed by atoms with Crippen molar-refractivity contribution < 1.29 is 4.79 Å². The predicted molar refractivity (Wildman–Crippen MR) is 84.3 cm³/mol. The summed E-state index contributed by atoms with van der Waals surface area (Å²) < 4.78 is 3.85. The van der Waals surface area contributed by atoms with Crippen LogP contribution in [0.25, 0.3) is 11.2 Å². The second-order valence-electron chi connectivity index (χ2n) is 5.94. The zero-order chi connectivity index (χ0) is 16.7. The Bertz CT molecular complexity index is 869. The van der Waals surface area contributed by atoms with E-state index in [1.165, 1.54) is 10.9 Å². The number of carbonyl (C=O) groups excluding carboxylic acids is 1. The number of carbonyl (C=O) groups is 1. The van der Waals surface area contributed by atoms with Crippen LogP contribution in [0.15, 0.2) is 15.9 Å². The Morgan fingerprint density at radius 2 is 1.78 bits per heavy atom. The second-order valence-corrected chi connectivity index (χ2v) is 5.94. The van der Waals surface area contributed by atoms with Gasteiger partial charge < -0.3 is 14.4 Å². The van der Waals surface area contributed by atoms with Gasteiger partial charge in [0.1, 0.15) is 6.54 Å². The van der Waals surface area contributed by atoms with E-state index >= 15 is 0 Å². The number of rotatable bonds is 2. The molecule has 23 heavy (non-hydrogen) atoms. The molecule has 2 aromatic heterocycles. The van der Waals surface area contributed by atoms with Crippen molar-refractivity contribution in [2.45, 2.75) is 6.54 Å². The van der Waals surface area contributed by atoms with Crippen LogP contribution < -0.4 is 11.2 Å². The third-order valence-corrected chi connectivity index (χ3v) is 4.35. The average Bonchev–Trinajstić information content (AvgIpc) is 2.92. The van der Waals surface area contributed by atoms with Gasteiger partial charge >= 0.3 is 5.69 Å². The van der Waals surface area contributed by atoms with Gasteiger partial charge in [0, 0.05) is 40.3 Å². The molecule has 1 aliphatic rings. The summed E-state index contributed by atoms with van der Waals surface area (Å²) in [6, 6.07) is 0. The van der Waals surface area contributed by atoms with Crippen molar-refractivity contribution in [1.29, 1.82) is 0 Å². The molecule has 1 amide bonds. The van der Waals surface area contributed by atoms with Crippen LogP contribution in [0.1, 0.15) is 0 Å². The third-order valence-electron chi connectivity index (χ3n) is 4.35. The Kier molecular flexibility index (Phi) is 3.80. The molecule has 1 aliphatic heterocycles. The number of aromatic nitrogens is 4. The highest BCUT2D eigenvalue weighted by atomic mass is 16.2. The Balaban J connectivity index is 1.97. The van der Waals surface area contributed by atoms with Crippen LogP contribution in [0.2, 0.25) is 0 Å². The van der Waals surface area contributed by atoms with Crippen molar-refractivity contribution >= 4 is 17.1 Å². The van der Waals surface area contributed by atoms with E-state index in [-0.39, 0.29) is 12.5 Å². The molecule has 3 heterocycles. The van der Waals surface area contributed by atoms with Crippen molar-refractivity contribution in [1.82, 2.24) is 28.5 Å². The van der Waals surface area contributed by atoms with E-state index in [0.29, 0.717) is 24.3 Å². The summed E-state index contributed by atoms with van der Waals surface area (Å²) in [6.45, 7) is 2.56. The number of piperazine rings is 1. The first kappa shape index (κ1) is 15.5. The molecule has 0 unspecified atom stereocenters. The van der Waals surface area contributed by atoms with E-state index in [1.54, 1.807) is 23.6 Å². The van der Waals surface area contributed by atoms with Gasteiger partial charge in [-0.2, -0.15) is 0 Å². The topological polar surface area (TPSA) is 85.4 Å². The number of likely N-dealkylation sites (N-methyl/N-ethyl adjacent to an activating group) is 1. The largest absolute Gasteiger partial charge is 0.339 e. The van der Waals surface area contributed by atoms with Crippen LogP contribution in [0.3, 0.4) is 0 Å². The van der Waals surface area contributed by atoms with Gasteiger partial charge in [-0.25, -0.2) is 14.3 Å². The summed E-state index contributed by atoms with van der Waals surface area (Å²) in [4.78, 5) is 45.3. The predicted octanol–water partition coefficient (Wildman–Crippen LogP) is -1.79. The Labute approximate surface area is 132 Å². The summed E-state index contributed by atoms with van der Waals surface area (Å²) in [7, 11) is 5.24.